The van der Waals surface area contributed by atoms with Crippen LogP contribution in [0, 0.1) is 11.6 Å². The Morgan fingerprint density at radius 1 is 0.603 bits per heavy atom. The molecule has 23 heteroatoms. The van der Waals surface area contributed by atoms with Crippen LogP contribution in [0.15, 0.2) is 102 Å². The fraction of sp³-hybridized carbons (Fsp3) is 0.364. The summed E-state index contributed by atoms with van der Waals surface area (Å²) in [5.41, 5.74) is 6.79. The summed E-state index contributed by atoms with van der Waals surface area (Å²) in [6, 6.07) is 21.0. The van der Waals surface area contributed by atoms with Gasteiger partial charge in [0, 0.05) is 99.7 Å². The molecule has 0 saturated carbocycles. The average Bonchev–Trinajstić information content (AvgIpc) is 4.43. The maximum atomic E-state index is 13.4. The van der Waals surface area contributed by atoms with Crippen molar-refractivity contribution >= 4 is 79.6 Å². The van der Waals surface area contributed by atoms with Crippen molar-refractivity contribution < 1.29 is 18.4 Å². The van der Waals surface area contributed by atoms with Crippen molar-refractivity contribution in [2.45, 2.75) is 77.3 Å². The number of urea groups is 1. The summed E-state index contributed by atoms with van der Waals surface area (Å²) in [4.78, 5) is 58.6. The topological polar surface area (TPSA) is 178 Å². The van der Waals surface area contributed by atoms with Gasteiger partial charge in [0.15, 0.2) is 33.2 Å². The van der Waals surface area contributed by atoms with E-state index in [1.165, 1.54) is 57.8 Å². The summed E-state index contributed by atoms with van der Waals surface area (Å²) in [5, 5.41) is 21.9. The molecule has 0 unspecified atom stereocenters. The third-order valence-electron chi connectivity index (χ3n) is 14.6. The lowest BCUT2D eigenvalue weighted by Gasteiger charge is -2.33. The van der Waals surface area contributed by atoms with Crippen LogP contribution in [0.2, 0.25) is 0 Å². The smallest absolute Gasteiger partial charge is 0.327 e. The number of aromatic nitrogens is 10. The normalized spacial score (nSPS) is 15.2. The minimum atomic E-state index is -0.269. The summed E-state index contributed by atoms with van der Waals surface area (Å²) in [6.45, 7) is 9.12. The number of likely N-dealkylation sites (tertiary alicyclic amines) is 1. The number of piperidine rings is 2. The number of aryl methyl sites for hydroxylation is 2. The Labute approximate surface area is 458 Å². The largest absolute Gasteiger partial charge is 0.355 e. The summed E-state index contributed by atoms with van der Waals surface area (Å²) >= 11 is 3.05. The Morgan fingerprint density at radius 2 is 1.05 bits per heavy atom. The van der Waals surface area contributed by atoms with Gasteiger partial charge in [0.2, 0.25) is 0 Å². The summed E-state index contributed by atoms with van der Waals surface area (Å²) in [6.07, 6.45) is 11.9. The van der Waals surface area contributed by atoms with Crippen LogP contribution in [-0.2, 0) is 12.8 Å². The third-order valence-corrected chi connectivity index (χ3v) is 16.4. The van der Waals surface area contributed by atoms with Gasteiger partial charge in [-0.1, -0.05) is 13.8 Å². The van der Waals surface area contributed by atoms with Gasteiger partial charge in [0.1, 0.15) is 29.6 Å². The van der Waals surface area contributed by atoms with Crippen LogP contribution in [0.25, 0.3) is 33.8 Å². The van der Waals surface area contributed by atoms with Crippen molar-refractivity contribution in [3.8, 4) is 22.5 Å². The van der Waals surface area contributed by atoms with Gasteiger partial charge in [-0.15, -0.1) is 32.9 Å². The first kappa shape index (κ1) is 52.0. The molecular formula is C55H61F2N17O2S2. The number of thiazole rings is 2. The predicted molar refractivity (Wildman–Crippen MR) is 302 cm³/mol. The number of imidazole rings is 3. The maximum Gasteiger partial charge on any atom is 0.327 e. The fourth-order valence-corrected chi connectivity index (χ4v) is 11.8. The monoisotopic (exact) mass is 1090 g/mol. The second kappa shape index (κ2) is 22.9. The number of carbonyl (C=O) groups excluding carboxylic acids is 2. The van der Waals surface area contributed by atoms with Gasteiger partial charge < -0.3 is 35.1 Å². The quantitative estimate of drug-likeness (QED) is 0.118. The zero-order valence-corrected chi connectivity index (χ0v) is 45.6. The van der Waals surface area contributed by atoms with E-state index in [9.17, 15) is 18.4 Å². The molecule has 3 fully saturated rings. The lowest BCUT2D eigenvalue weighted by Crippen LogP contribution is -2.48. The molecule has 12 rings (SSSR count). The number of anilines is 6. The molecule has 9 aromatic rings. The van der Waals surface area contributed by atoms with E-state index in [4.69, 9.17) is 30.1 Å². The number of halogens is 2. The number of hydrogen-bond donors (Lipinski definition) is 2. The van der Waals surface area contributed by atoms with Crippen molar-refractivity contribution in [2.24, 2.45) is 0 Å². The highest BCUT2D eigenvalue weighted by Gasteiger charge is 2.28. The highest BCUT2D eigenvalue weighted by molar-refractivity contribution is 7.14. The van der Waals surface area contributed by atoms with E-state index >= 15 is 0 Å². The Hall–Kier alpha value is -8.05. The number of carbonyl (C=O) groups is 2. The van der Waals surface area contributed by atoms with E-state index in [-0.39, 0.29) is 35.8 Å². The minimum Gasteiger partial charge on any atom is -0.355 e. The lowest BCUT2D eigenvalue weighted by atomic mass is 10.1. The molecule has 2 aromatic carbocycles. The standard InChI is InChI=1S/C28H33FN8OS.C27H28FN9OS/c1-3-22-26(34(2)28-32-23(18-39-28)19-6-8-20(29)9-7-19)37-24(31-22)10-11-25(33-37)35-16-12-21(13-17-35)30-27(38)36-14-4-5-15-36;1-3-21-25(34(2)27-32-22(16-39-27)18-4-6-19(28)7-5-18)37-23(31-21)8-9-24(33-37)35-13-10-20(11-14-35)30-26(38)36-15-12-29-17-36/h6-11,18,21H,3-5,12-17H2,1-2H3,(H,30,38);4-9,12,15-17,20H,3,10-11,13-14H2,1-2H3,(H,30,38). The van der Waals surface area contributed by atoms with Crippen LogP contribution in [0.5, 0.6) is 0 Å². The summed E-state index contributed by atoms with van der Waals surface area (Å²) in [5.74, 6) is 2.99. The van der Waals surface area contributed by atoms with Crippen molar-refractivity contribution in [1.29, 1.82) is 0 Å². The number of fused-ring (bicyclic) bond motifs is 2. The molecule has 3 saturated heterocycles. The molecule has 3 aliphatic heterocycles. The second-order valence-electron chi connectivity index (χ2n) is 19.6. The first-order valence-corrected chi connectivity index (χ1v) is 28.3. The number of amides is 3. The molecule has 404 valence electrons. The van der Waals surface area contributed by atoms with Crippen LogP contribution < -0.4 is 30.2 Å². The Balaban J connectivity index is 0.000000165. The van der Waals surface area contributed by atoms with Crippen molar-refractivity contribution in [3.63, 3.8) is 0 Å². The number of rotatable bonds is 12. The molecule has 0 spiro atoms. The second-order valence-corrected chi connectivity index (χ2v) is 21.3. The van der Waals surface area contributed by atoms with Gasteiger partial charge >= 0.3 is 12.1 Å². The van der Waals surface area contributed by atoms with Crippen LogP contribution in [0.3, 0.4) is 0 Å². The van der Waals surface area contributed by atoms with Crippen LogP contribution in [0.4, 0.5) is 51.9 Å². The fourth-order valence-electron chi connectivity index (χ4n) is 10.2. The molecule has 78 heavy (non-hydrogen) atoms. The van der Waals surface area contributed by atoms with Gasteiger partial charge in [0.05, 0.1) is 22.8 Å². The first-order valence-electron chi connectivity index (χ1n) is 26.5. The number of nitrogens with one attached hydrogen (secondary N) is 2. The SMILES string of the molecule is CCc1nc2ccc(N3CCC(NC(=O)N4CCCC4)CC3)nn2c1N(C)c1nc(-c2ccc(F)cc2)cs1.CCc1nc2ccc(N3CCC(NC(=O)n4ccnc4)CC3)nn2c1N(C)c1nc(-c2ccc(F)cc2)cs1. The molecule has 2 N–H and O–H groups in total. The molecular weight excluding hydrogens is 1030 g/mol. The van der Waals surface area contributed by atoms with Gasteiger partial charge in [-0.2, -0.15) is 9.03 Å². The van der Waals surface area contributed by atoms with Crippen molar-refractivity contribution in [1.82, 2.24) is 64.2 Å². The molecule has 10 heterocycles. The van der Waals surface area contributed by atoms with E-state index in [2.05, 4.69) is 39.3 Å². The zero-order chi connectivity index (χ0) is 53.9. The molecule has 0 radical (unpaired) electrons. The predicted octanol–water partition coefficient (Wildman–Crippen LogP) is 9.84. The summed E-state index contributed by atoms with van der Waals surface area (Å²) < 4.78 is 32.0. The maximum absolute atomic E-state index is 13.4. The molecule has 3 amide bonds. The van der Waals surface area contributed by atoms with Gasteiger partial charge in [-0.05, 0) is 124 Å². The van der Waals surface area contributed by atoms with Gasteiger partial charge in [-0.3, -0.25) is 4.57 Å². The minimum absolute atomic E-state index is 0.0773. The highest BCUT2D eigenvalue weighted by Crippen LogP contribution is 2.36. The summed E-state index contributed by atoms with van der Waals surface area (Å²) in [7, 11) is 3.96. The van der Waals surface area contributed by atoms with Crippen LogP contribution in [-0.4, -0.2) is 131 Å². The third kappa shape index (κ3) is 11.1. The van der Waals surface area contributed by atoms with Crippen LogP contribution in [0.1, 0.15) is 63.8 Å². The molecule has 7 aromatic heterocycles. The van der Waals surface area contributed by atoms with Gasteiger partial charge in [-0.25, -0.2) is 43.3 Å². The van der Waals surface area contributed by atoms with Gasteiger partial charge in [0.25, 0.3) is 0 Å². The Bertz CT molecular complexity index is 3500. The average molecular weight is 1090 g/mol. The van der Waals surface area contributed by atoms with E-state index in [1.54, 1.807) is 36.7 Å². The molecule has 3 aliphatic rings. The van der Waals surface area contributed by atoms with E-state index in [1.807, 2.05) is 72.9 Å². The molecule has 0 aliphatic carbocycles. The number of benzene rings is 2. The number of nitrogens with zero attached hydrogens (tertiary/aromatic N) is 15. The van der Waals surface area contributed by atoms with E-state index < -0.39 is 0 Å². The van der Waals surface area contributed by atoms with E-state index in [0.29, 0.717) is 0 Å². The van der Waals surface area contributed by atoms with Crippen LogP contribution >= 0.6 is 22.7 Å². The molecule has 19 nitrogen and oxygen atoms in total. The zero-order valence-electron chi connectivity index (χ0n) is 44.0. The Morgan fingerprint density at radius 3 is 1.47 bits per heavy atom. The van der Waals surface area contributed by atoms with Crippen molar-refractivity contribution in [2.75, 3.05) is 73.0 Å². The Kier molecular flexibility index (Phi) is 15.3. The number of hydrogen-bond acceptors (Lipinski definition) is 15. The first-order chi connectivity index (χ1) is 38.0. The van der Waals surface area contributed by atoms with E-state index in [0.717, 1.165) is 169 Å². The highest BCUT2D eigenvalue weighted by atomic mass is 32.1. The van der Waals surface area contributed by atoms with Crippen molar-refractivity contribution in [3.05, 3.63) is 125 Å². The molecule has 0 bridgehead atoms. The molecule has 0 atom stereocenters. The lowest BCUT2D eigenvalue weighted by molar-refractivity contribution is 0.202.